The van der Waals surface area contributed by atoms with E-state index in [1.807, 2.05) is 0 Å². The summed E-state index contributed by atoms with van der Waals surface area (Å²) in [6.45, 7) is 4.94. The summed E-state index contributed by atoms with van der Waals surface area (Å²) in [5.74, 6) is -1.92. The van der Waals surface area contributed by atoms with Crippen molar-refractivity contribution in [1.82, 2.24) is 9.80 Å². The number of ether oxygens (including phenoxy) is 2. The van der Waals surface area contributed by atoms with Crippen LogP contribution in [0.3, 0.4) is 0 Å². The average Bonchev–Trinajstić information content (AvgIpc) is 3.36. The molecular weight excluding hydrogens is 959 g/mol. The lowest BCUT2D eigenvalue weighted by molar-refractivity contribution is -0.215. The summed E-state index contributed by atoms with van der Waals surface area (Å²) in [7, 11) is 0. The minimum atomic E-state index is -5.15. The molecule has 0 unspecified atom stereocenters. The number of amides is 2. The van der Waals surface area contributed by atoms with Crippen molar-refractivity contribution >= 4 is 47.7 Å². The molecule has 0 radical (unpaired) electrons. The molecule has 4 heterocycles. The minimum Gasteiger partial charge on any atom is -0.466 e. The summed E-state index contributed by atoms with van der Waals surface area (Å²) in [6.07, 6.45) is -3.50. The first-order valence-corrected chi connectivity index (χ1v) is 24.1. The molecule has 4 aromatic carbocycles. The normalized spacial score (nSPS) is 16.8. The molecule has 376 valence electrons. The fourth-order valence-corrected chi connectivity index (χ4v) is 10.4. The van der Waals surface area contributed by atoms with Crippen molar-refractivity contribution in [3.63, 3.8) is 0 Å². The monoisotopic (exact) mass is 1010 g/mol. The molecule has 0 aromatic heterocycles. The molecule has 2 fully saturated rings. The van der Waals surface area contributed by atoms with Gasteiger partial charge in [0.15, 0.2) is 11.5 Å². The van der Waals surface area contributed by atoms with E-state index in [2.05, 4.69) is 0 Å². The van der Waals surface area contributed by atoms with Gasteiger partial charge in [0.05, 0.1) is 49.4 Å². The molecule has 0 saturated carbocycles. The van der Waals surface area contributed by atoms with Crippen LogP contribution in [0.4, 0.5) is 26.3 Å². The first-order valence-electron chi connectivity index (χ1n) is 23.3. The number of rotatable bonds is 12. The smallest absolute Gasteiger partial charge is 0.418 e. The number of hydrogen-bond donors (Lipinski definition) is 0. The maximum Gasteiger partial charge on any atom is 0.418 e. The topological polar surface area (TPSA) is 130 Å². The molecule has 12 nitrogen and oxygen atoms in total. The van der Waals surface area contributed by atoms with Crippen molar-refractivity contribution in [3.8, 4) is 33.8 Å². The maximum atomic E-state index is 15.9. The Hall–Kier alpha value is -6.31. The molecule has 2 amide bonds. The molecule has 8 rings (SSSR count). The lowest BCUT2D eigenvalue weighted by Gasteiger charge is -2.30. The van der Waals surface area contributed by atoms with E-state index in [1.165, 1.54) is 70.5 Å². The summed E-state index contributed by atoms with van der Waals surface area (Å²) in [5, 5.41) is 0. The van der Waals surface area contributed by atoms with Crippen LogP contribution in [-0.2, 0) is 63.6 Å². The Labute approximate surface area is 409 Å². The van der Waals surface area contributed by atoms with Crippen LogP contribution in [-0.4, -0.2) is 86.2 Å². The molecule has 4 aliphatic heterocycles. The van der Waals surface area contributed by atoms with Gasteiger partial charge in [-0.1, -0.05) is 36.0 Å². The Morgan fingerprint density at radius 3 is 1.37 bits per heavy atom. The third-order valence-corrected chi connectivity index (χ3v) is 13.9. The van der Waals surface area contributed by atoms with E-state index in [4.69, 9.17) is 29.0 Å². The molecule has 4 aromatic rings. The number of likely N-dealkylation sites (tertiary alicyclic amines) is 2. The van der Waals surface area contributed by atoms with Gasteiger partial charge in [-0.3, -0.25) is 19.2 Å². The van der Waals surface area contributed by atoms with Gasteiger partial charge >= 0.3 is 24.3 Å². The lowest BCUT2D eigenvalue weighted by atomic mass is 9.91. The number of piperidine rings is 2. The van der Waals surface area contributed by atoms with Crippen molar-refractivity contribution in [2.75, 3.05) is 52.6 Å². The highest BCUT2D eigenvalue weighted by atomic mass is 32.2. The number of carbonyl (C=O) groups excluding carboxylic acids is 4. The van der Waals surface area contributed by atoms with E-state index in [0.717, 1.165) is 24.3 Å². The number of nitrogens with zero attached hydrogens (tertiary/aromatic N) is 2. The number of esters is 2. The van der Waals surface area contributed by atoms with Crippen LogP contribution < -0.4 is 9.78 Å². The van der Waals surface area contributed by atoms with Crippen molar-refractivity contribution in [1.29, 1.82) is 0 Å². The number of benzene rings is 4. The molecule has 71 heavy (non-hydrogen) atoms. The van der Waals surface area contributed by atoms with E-state index < -0.39 is 45.1 Å². The van der Waals surface area contributed by atoms with Gasteiger partial charge in [0, 0.05) is 83.2 Å². The first kappa shape index (κ1) is 51.1. The van der Waals surface area contributed by atoms with Crippen molar-refractivity contribution in [3.05, 3.63) is 106 Å². The molecular formula is C52H50F6N2O10S. The molecule has 0 N–H and O–H groups in total. The number of alkyl halides is 6. The largest absolute Gasteiger partial charge is 0.466 e. The van der Waals surface area contributed by atoms with Crippen LogP contribution in [0.2, 0.25) is 0 Å². The zero-order valence-electron chi connectivity index (χ0n) is 38.8. The second-order valence-electron chi connectivity index (χ2n) is 17.2. The Bertz CT molecular complexity index is 2540. The van der Waals surface area contributed by atoms with Gasteiger partial charge in [0.25, 0.3) is 0 Å². The Morgan fingerprint density at radius 2 is 1.00 bits per heavy atom. The zero-order valence-corrected chi connectivity index (χ0v) is 39.6. The molecule has 0 bridgehead atoms. The molecule has 0 aliphatic carbocycles. The Kier molecular flexibility index (Phi) is 15.8. The second kappa shape index (κ2) is 22.0. The quantitative estimate of drug-likeness (QED) is 0.0582. The average molecular weight is 1010 g/mol. The van der Waals surface area contributed by atoms with Crippen LogP contribution >= 0.6 is 11.8 Å². The molecule has 0 atom stereocenters. The number of halogens is 6. The van der Waals surface area contributed by atoms with E-state index in [9.17, 15) is 19.2 Å². The number of hydrogen-bond acceptors (Lipinski definition) is 11. The summed E-state index contributed by atoms with van der Waals surface area (Å²) in [5.41, 5.74) is -2.09. The molecule has 4 aliphatic rings. The summed E-state index contributed by atoms with van der Waals surface area (Å²) in [6, 6.07) is 13.5. The van der Waals surface area contributed by atoms with Crippen LogP contribution in [0, 0.1) is 11.8 Å². The van der Waals surface area contributed by atoms with Gasteiger partial charge in [-0.05, 0) is 110 Å². The maximum absolute atomic E-state index is 15.9. The van der Waals surface area contributed by atoms with Gasteiger partial charge in [-0.2, -0.15) is 36.1 Å². The first-order chi connectivity index (χ1) is 34.0. The van der Waals surface area contributed by atoms with Gasteiger partial charge < -0.3 is 29.0 Å². The highest BCUT2D eigenvalue weighted by Gasteiger charge is 2.42. The van der Waals surface area contributed by atoms with Crippen LogP contribution in [0.5, 0.6) is 11.5 Å². The highest BCUT2D eigenvalue weighted by Crippen LogP contribution is 2.52. The van der Waals surface area contributed by atoms with Crippen molar-refractivity contribution in [2.24, 2.45) is 11.8 Å². The molecule has 0 spiro atoms. The van der Waals surface area contributed by atoms with Crippen LogP contribution in [0.25, 0.3) is 34.4 Å². The predicted octanol–water partition coefficient (Wildman–Crippen LogP) is 10.6. The summed E-state index contributed by atoms with van der Waals surface area (Å²) in [4.78, 5) is 74.2. The van der Waals surface area contributed by atoms with E-state index >= 15 is 26.3 Å². The predicted molar refractivity (Wildman–Crippen MR) is 248 cm³/mol. The van der Waals surface area contributed by atoms with Crippen molar-refractivity contribution in [2.45, 2.75) is 74.5 Å². The van der Waals surface area contributed by atoms with Gasteiger partial charge in [0.2, 0.25) is 11.8 Å². The number of fused-ring (bicyclic) bond motifs is 2. The van der Waals surface area contributed by atoms with Gasteiger partial charge in [-0.15, -0.1) is 0 Å². The van der Waals surface area contributed by atoms with E-state index in [0.29, 0.717) is 49.7 Å². The Morgan fingerprint density at radius 1 is 0.606 bits per heavy atom. The van der Waals surface area contributed by atoms with Crippen molar-refractivity contribution < 1.29 is 74.5 Å². The SMILES string of the molecule is CCOC(=O)C1CCN(C(=O)/C=C/c2ccc(Sc3ccc(/C=C/C(=O)N4CCC(C(=O)OCC)CC4)c(-c4ccc5c(c4)CCOO5)c3C(F)(F)F)c(C(F)(F)F)c2-c2ccc3c(c2)CCOO3)CC1. The standard InChI is InChI=1S/C52H50F6N2O10S/c1-3-65-49(63)33-17-23-59(24-18-33)43(61)15-9-31-7-13-41(47(51(53,54)55)45(31)37-5-11-39-35(29-37)21-27-67-69-39)71-42-14-8-32(10-16-44(62)60-25-19-34(20-26-60)50(64)66-4-2)46(48(42)52(56,57)58)38-6-12-40-36(30-38)22-28-68-70-40/h5-16,29-30,33-34H,3-4,17-28H2,1-2H3/b15-9+,16-10+. The summed E-state index contributed by atoms with van der Waals surface area (Å²) < 4.78 is 106. The molecule has 19 heteroatoms. The van der Waals surface area contributed by atoms with Gasteiger partial charge in [0.1, 0.15) is 0 Å². The fraction of sp³-hybridized carbons (Fsp3) is 0.385. The Balaban J connectivity index is 1.21. The highest BCUT2D eigenvalue weighted by molar-refractivity contribution is 7.99. The number of carbonyl (C=O) groups is 4. The lowest BCUT2D eigenvalue weighted by Crippen LogP contribution is -2.39. The van der Waals surface area contributed by atoms with Crippen LogP contribution in [0.15, 0.2) is 82.6 Å². The van der Waals surface area contributed by atoms with E-state index in [1.54, 1.807) is 13.8 Å². The third kappa shape index (κ3) is 11.7. The minimum absolute atomic E-state index is 0.0309. The second-order valence-corrected chi connectivity index (χ2v) is 18.3. The van der Waals surface area contributed by atoms with Gasteiger partial charge in [-0.25, -0.2) is 0 Å². The third-order valence-electron chi connectivity index (χ3n) is 12.8. The molecule has 2 saturated heterocycles. The summed E-state index contributed by atoms with van der Waals surface area (Å²) >= 11 is 0.290. The fourth-order valence-electron chi connectivity index (χ4n) is 9.21. The zero-order chi connectivity index (χ0) is 50.5. The van der Waals surface area contributed by atoms with E-state index in [-0.39, 0.29) is 133 Å². The van der Waals surface area contributed by atoms with Crippen LogP contribution in [0.1, 0.15) is 72.9 Å².